The number of nitrogens with zero attached hydrogens (tertiary/aromatic N) is 20. The number of guanidine groups is 4. The van der Waals surface area contributed by atoms with Crippen LogP contribution < -0.4 is 43.9 Å². The Labute approximate surface area is 797 Å². The second-order valence-corrected chi connectivity index (χ2v) is 37.0. The number of carbonyl (C=O) groups excluding carboxylic acids is 4. The third-order valence-electron chi connectivity index (χ3n) is 26.5. The highest BCUT2D eigenvalue weighted by Crippen LogP contribution is 2.44. The van der Waals surface area contributed by atoms with Gasteiger partial charge in [0.15, 0.2) is 46.0 Å². The fourth-order valence-corrected chi connectivity index (χ4v) is 20.9. The summed E-state index contributed by atoms with van der Waals surface area (Å²) in [4.78, 5) is 108. The van der Waals surface area contributed by atoms with E-state index >= 15 is 0 Å². The van der Waals surface area contributed by atoms with Gasteiger partial charge in [0.2, 0.25) is 29.8 Å². The van der Waals surface area contributed by atoms with Crippen LogP contribution in [0.15, 0.2) is 170 Å². The average molecular weight is 1910 g/mol. The van der Waals surface area contributed by atoms with Crippen molar-refractivity contribution >= 4 is 116 Å². The molecule has 0 saturated heterocycles. The van der Waals surface area contributed by atoms with Gasteiger partial charge in [0.1, 0.15) is 23.1 Å². The molecule has 1 fully saturated rings. The number of hydrogen-bond donors (Lipinski definition) is 1. The number of benzene rings is 7. The molecule has 0 unspecified atom stereocenters. The first-order chi connectivity index (χ1) is 65.1. The number of rotatable bonds is 23. The van der Waals surface area contributed by atoms with Crippen LogP contribution in [0.25, 0.3) is 0 Å². The number of aliphatic imine (C=N–C) groups is 4. The van der Waals surface area contributed by atoms with Crippen molar-refractivity contribution in [2.75, 3.05) is 111 Å². The minimum atomic E-state index is -0.242. The number of methoxy groups -OCH3 is 1. The fraction of sp³-hybridized carbons (Fsp3) is 0.386. The third-order valence-corrected chi connectivity index (χ3v) is 27.9. The second-order valence-electron chi connectivity index (χ2n) is 35.3. The molecule has 0 spiro atoms. The van der Waals surface area contributed by atoms with Crippen LogP contribution in [0.5, 0.6) is 23.5 Å². The van der Waals surface area contributed by atoms with E-state index in [9.17, 15) is 23.6 Å². The predicted molar refractivity (Wildman–Crippen MR) is 522 cm³/mol. The summed E-state index contributed by atoms with van der Waals surface area (Å²) in [5.74, 6) is 7.87. The lowest BCUT2D eigenvalue weighted by Crippen LogP contribution is -2.50. The van der Waals surface area contributed by atoms with Crippen LogP contribution in [0.3, 0.4) is 0 Å². The molecule has 1 aliphatic carbocycles. The highest BCUT2D eigenvalue weighted by Gasteiger charge is 2.49. The zero-order chi connectivity index (χ0) is 93.0. The van der Waals surface area contributed by atoms with Crippen molar-refractivity contribution in [1.82, 2.24) is 57.8 Å². The number of anilines is 5. The molecule has 33 heteroatoms. The monoisotopic (exact) mass is 1910 g/mol. The summed E-state index contributed by atoms with van der Waals surface area (Å²) in [6, 6.07) is 49.2. The first-order valence-electron chi connectivity index (χ1n) is 46.6. The molecule has 694 valence electrons. The molecule has 7 aromatic carbocycles. The molecule has 0 bridgehead atoms. The molecule has 1 N–H and O–H groups in total. The van der Waals surface area contributed by atoms with E-state index in [1.807, 2.05) is 134 Å². The molecule has 0 radical (unpaired) electrons. The van der Waals surface area contributed by atoms with Crippen LogP contribution in [0.4, 0.5) is 33.6 Å². The van der Waals surface area contributed by atoms with Gasteiger partial charge in [-0.3, -0.25) is 77.1 Å². The summed E-state index contributed by atoms with van der Waals surface area (Å²) in [6.45, 7) is 27.2. The smallest absolute Gasteiger partial charge is 0.299 e. The summed E-state index contributed by atoms with van der Waals surface area (Å²) < 4.78 is 45.9. The Morgan fingerprint density at radius 2 is 0.925 bits per heavy atom. The number of imidazole rings is 4. The van der Waals surface area contributed by atoms with Gasteiger partial charge in [-0.2, -0.15) is 15.0 Å². The quantitative estimate of drug-likeness (QED) is 0.0624. The predicted octanol–water partition coefficient (Wildman–Crippen LogP) is 16.2. The number of aromatic nitrogens is 8. The second kappa shape index (κ2) is 38.2. The van der Waals surface area contributed by atoms with E-state index in [2.05, 4.69) is 120 Å². The number of aryl methyl sites for hydroxylation is 4. The van der Waals surface area contributed by atoms with Crippen molar-refractivity contribution in [1.29, 1.82) is 0 Å². The van der Waals surface area contributed by atoms with Crippen LogP contribution in [-0.4, -0.2) is 215 Å². The van der Waals surface area contributed by atoms with Gasteiger partial charge in [-0.25, -0.2) is 24.4 Å². The van der Waals surface area contributed by atoms with Crippen molar-refractivity contribution in [2.45, 2.75) is 170 Å². The summed E-state index contributed by atoms with van der Waals surface area (Å²) in [5.41, 5.74) is 15.5. The molecule has 29 nitrogen and oxygen atoms in total. The van der Waals surface area contributed by atoms with Gasteiger partial charge in [-0.05, 0) is 185 Å². The van der Waals surface area contributed by atoms with Gasteiger partial charge >= 0.3 is 0 Å². The maximum atomic E-state index is 14.3. The lowest BCUT2D eigenvalue weighted by molar-refractivity contribution is 0.0827. The summed E-state index contributed by atoms with van der Waals surface area (Å²) in [5, 5.41) is 4.87. The molecule has 14 heterocycles. The number of halogens is 4. The molecular weight excluding hydrogens is 1810 g/mol. The van der Waals surface area contributed by atoms with E-state index in [1.54, 1.807) is 38.8 Å². The van der Waals surface area contributed by atoms with E-state index in [1.165, 1.54) is 46.7 Å². The Morgan fingerprint density at radius 3 is 1.45 bits per heavy atom. The summed E-state index contributed by atoms with van der Waals surface area (Å²) in [6.07, 6.45) is 8.57. The molecule has 4 amide bonds. The number of ether oxygens (including phenoxy) is 4. The first kappa shape index (κ1) is 90.3. The molecule has 10 aliphatic heterocycles. The van der Waals surface area contributed by atoms with Gasteiger partial charge < -0.3 is 28.8 Å². The lowest BCUT2D eigenvalue weighted by atomic mass is 10.1. The zero-order valence-corrected chi connectivity index (χ0v) is 80.2. The van der Waals surface area contributed by atoms with Gasteiger partial charge in [-0.15, -0.1) is 0 Å². The van der Waals surface area contributed by atoms with Crippen molar-refractivity contribution in [3.8, 4) is 23.5 Å². The molecule has 3 atom stereocenters. The Balaban J connectivity index is 0.000000115. The third kappa shape index (κ3) is 17.3. The van der Waals surface area contributed by atoms with E-state index in [0.29, 0.717) is 197 Å². The SMILES string of the molecule is CCN1C(=O)c2c(nc(C)n2Cc2cc(Cl)c3c(c2)CCO3)N2C[C@@H](Cc3ccccc3)N=C12.CCN1C(=O)c2c(nc(NC3CCCC3)n2Cc2ccc(C)c(C)c2)N2CCN=C12.CCN1C(=O)c2c(nc(OC)n2Cc2cc(Cl)c3c(c2)CCO3)N2C[C@@H](Cc3ccccc3)N=C12.CCOc1nc2c(n1Cc1ccc(C)c(Br)c1)C(=O)N(CC)C1=N[C@H](Cc3ccccc3F)CN12. The van der Waals surface area contributed by atoms with Crippen LogP contribution >= 0.6 is 39.1 Å². The summed E-state index contributed by atoms with van der Waals surface area (Å²) >= 11 is 16.6. The lowest BCUT2D eigenvalue weighted by Gasteiger charge is -2.33. The molecule has 134 heavy (non-hydrogen) atoms. The minimum absolute atomic E-state index is 0.000190. The first-order valence-corrected chi connectivity index (χ1v) is 48.1. The normalized spacial score (nSPS) is 18.0. The number of nitrogens with one attached hydrogen (secondary N) is 1. The van der Waals surface area contributed by atoms with Gasteiger partial charge in [0.25, 0.3) is 35.6 Å². The van der Waals surface area contributed by atoms with Crippen molar-refractivity contribution in [2.24, 2.45) is 20.0 Å². The molecule has 11 aliphatic rings. The largest absolute Gasteiger partial charge is 0.491 e. The van der Waals surface area contributed by atoms with Crippen molar-refractivity contribution in [3.63, 3.8) is 0 Å². The summed E-state index contributed by atoms with van der Waals surface area (Å²) in [7, 11) is 1.58. The number of carbonyl (C=O) groups is 4. The molecule has 22 rings (SSSR count). The fourth-order valence-electron chi connectivity index (χ4n) is 19.8. The van der Waals surface area contributed by atoms with Crippen LogP contribution in [0.2, 0.25) is 10.0 Å². The Hall–Kier alpha value is -12.9. The molecule has 11 aromatic rings. The van der Waals surface area contributed by atoms with Crippen molar-refractivity contribution < 1.29 is 42.5 Å². The standard InChI is InChI=1S/C26H27BrFN5O2.C26H26ClN5O3.C26H26ClN5O2.C23H30N6O/c1-4-31-24(34)22-23(33-15-19(29-25(31)33)13-18-8-6-7-9-21(18)28)30-26(35-5-2)32(22)14-17-11-10-16(3)20(27)12-17;1-3-30-24(33)21-23(32-15-19(28-25(30)32)12-16-7-5-4-6-8-16)29-26(34-2)31(21)14-17-11-18-9-10-35-22(18)20(27)13-17;1-3-30-25(33)22-24(32-15-20(29-26(30)32)12-17-7-5-4-6-8-17)28-16(2)31(22)14-18-11-19-9-10-34-23(19)21(27)13-18;1-4-27-21(30)19-20(28-12-11-24-23(27)28)26-22(25-18-7-5-6-8-18)29(19)14-17-10-9-15(2)16(3)13-17/h6-12,19H,4-5,13-15H2,1-3H3;4-8,11,13,19H,3,9-10,12,14-15H2,1-2H3;4-8,11,13,20H,3,9-10,12,14-15H2,1-2H3;9-10,13,18H,4-8,11-12,14H2,1-3H3,(H,25,26)/t2*19-;20-;/m111./s1. The zero-order valence-electron chi connectivity index (χ0n) is 77.1. The molecule has 4 aromatic heterocycles. The number of fused-ring (bicyclic) bond motifs is 14. The van der Waals surface area contributed by atoms with E-state index < -0.39 is 0 Å². The van der Waals surface area contributed by atoms with Gasteiger partial charge in [0, 0.05) is 62.6 Å². The van der Waals surface area contributed by atoms with Gasteiger partial charge in [0.05, 0.1) is 101 Å². The highest BCUT2D eigenvalue weighted by molar-refractivity contribution is 9.10. The Kier molecular flexibility index (Phi) is 25.8. The van der Waals surface area contributed by atoms with Crippen LogP contribution in [0.1, 0.15) is 175 Å². The Morgan fingerprint density at radius 1 is 0.470 bits per heavy atom. The molecular formula is C101H109BrCl2FN21O8. The Bertz CT molecular complexity index is 6540. The van der Waals surface area contributed by atoms with Crippen molar-refractivity contribution in [3.05, 3.63) is 261 Å². The van der Waals surface area contributed by atoms with E-state index in [4.69, 9.17) is 77.1 Å². The molecule has 1 saturated carbocycles. The number of hydrogen-bond acceptors (Lipinski definition) is 21. The number of amides is 4. The maximum Gasteiger partial charge on any atom is 0.299 e. The van der Waals surface area contributed by atoms with Crippen LogP contribution in [-0.2, 0) is 58.3 Å². The van der Waals surface area contributed by atoms with Gasteiger partial charge in [-0.1, -0.05) is 173 Å². The van der Waals surface area contributed by atoms with Crippen LogP contribution in [0, 0.1) is 33.5 Å². The van der Waals surface area contributed by atoms with E-state index in [0.717, 1.165) is 118 Å². The highest BCUT2D eigenvalue weighted by atomic mass is 79.9. The topological polar surface area (TPSA) is 264 Å². The minimum Gasteiger partial charge on any atom is -0.491 e. The maximum absolute atomic E-state index is 14.3. The van der Waals surface area contributed by atoms with E-state index in [-0.39, 0.29) is 47.6 Å². The average Bonchev–Trinajstić information content (AvgIpc) is 1.59.